The van der Waals surface area contributed by atoms with E-state index in [9.17, 15) is 9.36 Å². The summed E-state index contributed by atoms with van der Waals surface area (Å²) in [7, 11) is -1.15. The second-order valence-electron chi connectivity index (χ2n) is 11.4. The summed E-state index contributed by atoms with van der Waals surface area (Å²) >= 11 is 6.18. The van der Waals surface area contributed by atoms with E-state index in [0.29, 0.717) is 11.5 Å². The van der Waals surface area contributed by atoms with Crippen molar-refractivity contribution in [3.05, 3.63) is 130 Å². The number of methoxy groups -OCH3 is 2. The molecule has 0 amide bonds. The first-order valence-corrected chi connectivity index (χ1v) is 18.0. The van der Waals surface area contributed by atoms with Gasteiger partial charge in [-0.3, -0.25) is 9.13 Å². The predicted octanol–water partition coefficient (Wildman–Crippen LogP) is 7.98. The average molecular weight is 730 g/mol. The van der Waals surface area contributed by atoms with Crippen LogP contribution in [-0.2, 0) is 23.9 Å². The Morgan fingerprint density at radius 3 is 2.00 bits per heavy atom. The number of benzene rings is 3. The smallest absolute Gasteiger partial charge is 0.389 e. The third-order valence-electron chi connectivity index (χ3n) is 8.35. The lowest BCUT2D eigenvalue weighted by Crippen LogP contribution is -2.40. The van der Waals surface area contributed by atoms with Gasteiger partial charge in [-0.2, -0.15) is 9.37 Å². The topological polar surface area (TPSA) is 110 Å². The molecule has 14 heteroatoms. The molecule has 2 heterocycles. The number of alkyl halides is 2. The largest absolute Gasteiger partial charge is 0.497 e. The molecular weight excluding hydrogens is 691 g/mol. The van der Waals surface area contributed by atoms with E-state index >= 15 is 8.78 Å². The molecule has 1 aliphatic heterocycles. The van der Waals surface area contributed by atoms with Gasteiger partial charge < -0.3 is 28.6 Å². The summed E-state index contributed by atoms with van der Waals surface area (Å²) in [5.41, 5.74) is -2.47. The molecule has 0 radical (unpaired) electrons. The van der Waals surface area contributed by atoms with Gasteiger partial charge in [0, 0.05) is 12.6 Å². The molecule has 50 heavy (non-hydrogen) atoms. The average Bonchev–Trinajstić information content (AvgIpc) is 3.46. The molecule has 4 aromatic rings. The van der Waals surface area contributed by atoms with E-state index < -0.39 is 54.7 Å². The van der Waals surface area contributed by atoms with Crippen LogP contribution in [0.5, 0.6) is 11.5 Å². The van der Waals surface area contributed by atoms with Crippen molar-refractivity contribution in [2.45, 2.75) is 43.8 Å². The van der Waals surface area contributed by atoms with Crippen LogP contribution in [0.4, 0.5) is 14.6 Å². The van der Waals surface area contributed by atoms with Gasteiger partial charge in [-0.25, -0.2) is 9.18 Å². The Hall–Kier alpha value is -4.06. The maximum absolute atomic E-state index is 15.6. The SMILES string of the molecule is CCOP(=O)(OCC)/C(F)=C/[C@]1(CCl)C[C@@H](F)[C@H](n2ccc(NC(c3ccccc3)(c3ccc(OC)cc3)c3ccc(OC)cc3)nc2=O)O1. The minimum absolute atomic E-state index is 0.0917. The Kier molecular flexibility index (Phi) is 11.8. The second kappa shape index (κ2) is 15.9. The zero-order chi connectivity index (χ0) is 35.9. The zero-order valence-corrected chi connectivity index (χ0v) is 29.7. The predicted molar refractivity (Wildman–Crippen MR) is 188 cm³/mol. The molecular formula is C36H39ClF2N3O7P. The van der Waals surface area contributed by atoms with Crippen molar-refractivity contribution in [2.75, 3.05) is 38.6 Å². The summed E-state index contributed by atoms with van der Waals surface area (Å²) in [5, 5.41) is 3.50. The van der Waals surface area contributed by atoms with E-state index in [0.717, 1.165) is 27.3 Å². The van der Waals surface area contributed by atoms with Crippen molar-refractivity contribution in [3.63, 3.8) is 0 Å². The molecule has 1 saturated heterocycles. The minimum Gasteiger partial charge on any atom is -0.497 e. The Morgan fingerprint density at radius 1 is 0.980 bits per heavy atom. The highest BCUT2D eigenvalue weighted by Crippen LogP contribution is 2.58. The van der Waals surface area contributed by atoms with Crippen LogP contribution in [0.1, 0.15) is 43.2 Å². The Balaban J connectivity index is 1.55. The summed E-state index contributed by atoms with van der Waals surface area (Å²) in [6.07, 6.45) is -1.55. The Bertz CT molecular complexity index is 1820. The van der Waals surface area contributed by atoms with Gasteiger partial charge >= 0.3 is 13.3 Å². The summed E-state index contributed by atoms with van der Waals surface area (Å²) in [6, 6.07) is 26.2. The summed E-state index contributed by atoms with van der Waals surface area (Å²) in [6.45, 7) is 2.88. The van der Waals surface area contributed by atoms with Gasteiger partial charge in [0.15, 0.2) is 6.23 Å². The number of nitrogens with zero attached hydrogens (tertiary/aromatic N) is 2. The van der Waals surface area contributed by atoms with E-state index in [2.05, 4.69) is 10.3 Å². The molecule has 0 unspecified atom stereocenters. The first kappa shape index (κ1) is 37.2. The fraction of sp³-hybridized carbons (Fsp3) is 0.333. The summed E-state index contributed by atoms with van der Waals surface area (Å²) < 4.78 is 71.9. The lowest BCUT2D eigenvalue weighted by molar-refractivity contribution is -0.0482. The number of nitrogens with one attached hydrogen (secondary N) is 1. The normalized spacial score (nSPS) is 19.7. The van der Waals surface area contributed by atoms with Crippen LogP contribution >= 0.6 is 19.2 Å². The first-order chi connectivity index (χ1) is 24.1. The molecule has 1 aliphatic rings. The summed E-state index contributed by atoms with van der Waals surface area (Å²) in [5.74, 6) is 1.09. The molecule has 5 rings (SSSR count). The highest BCUT2D eigenvalue weighted by molar-refractivity contribution is 7.58. The van der Waals surface area contributed by atoms with Crippen LogP contribution in [0.3, 0.4) is 0 Å². The van der Waals surface area contributed by atoms with Gasteiger partial charge in [0.2, 0.25) is 5.57 Å². The molecule has 1 fully saturated rings. The van der Waals surface area contributed by atoms with Gasteiger partial charge in [0.05, 0.1) is 33.3 Å². The van der Waals surface area contributed by atoms with Crippen LogP contribution in [0.15, 0.2) is 108 Å². The monoisotopic (exact) mass is 729 g/mol. The van der Waals surface area contributed by atoms with Crippen LogP contribution in [0, 0.1) is 0 Å². The third-order valence-corrected chi connectivity index (χ3v) is 10.6. The number of ether oxygens (including phenoxy) is 3. The van der Waals surface area contributed by atoms with Gasteiger partial charge in [0.25, 0.3) is 0 Å². The van der Waals surface area contributed by atoms with Crippen LogP contribution in [0.2, 0.25) is 0 Å². The van der Waals surface area contributed by atoms with Gasteiger partial charge in [-0.15, -0.1) is 11.6 Å². The second-order valence-corrected chi connectivity index (χ2v) is 13.6. The first-order valence-electron chi connectivity index (χ1n) is 15.9. The van der Waals surface area contributed by atoms with Gasteiger partial charge in [-0.1, -0.05) is 54.6 Å². The van der Waals surface area contributed by atoms with Crippen molar-refractivity contribution in [1.29, 1.82) is 0 Å². The van der Waals surface area contributed by atoms with E-state index in [-0.39, 0.29) is 19.0 Å². The molecule has 266 valence electrons. The van der Waals surface area contributed by atoms with E-state index in [1.54, 1.807) is 14.2 Å². The van der Waals surface area contributed by atoms with Crippen LogP contribution < -0.4 is 20.5 Å². The standard InChI is InChI=1S/C36H39ClF2N3O7P/c1-5-47-50(44,48-6-2)31(39)23-35(24-37)22-30(38)33(49-35)42-21-20-32(40-34(42)43)41-36(25-10-8-7-9-11-25,26-12-16-28(45-3)17-13-26)27-14-18-29(46-4)19-15-27/h7-21,23,30,33H,5-6,22,24H2,1-4H3,(H,40,41,43)/b31-23+/t30-,33-,35+/m1/s1. The zero-order valence-electron chi connectivity index (χ0n) is 28.1. The Labute approximate surface area is 294 Å². The van der Waals surface area contributed by atoms with E-state index in [4.69, 9.17) is 34.9 Å². The fourth-order valence-electron chi connectivity index (χ4n) is 5.99. The molecule has 0 spiro atoms. The highest BCUT2D eigenvalue weighted by Gasteiger charge is 2.49. The van der Waals surface area contributed by atoms with Gasteiger partial charge in [-0.05, 0) is 66.9 Å². The van der Waals surface area contributed by atoms with E-state index in [1.165, 1.54) is 26.1 Å². The molecule has 1 N–H and O–H groups in total. The number of rotatable bonds is 15. The number of hydrogen-bond acceptors (Lipinski definition) is 9. The maximum Gasteiger partial charge on any atom is 0.389 e. The number of aromatic nitrogens is 2. The molecule has 3 aromatic carbocycles. The lowest BCUT2D eigenvalue weighted by Gasteiger charge is -2.37. The molecule has 0 aliphatic carbocycles. The van der Waals surface area contributed by atoms with E-state index in [1.807, 2.05) is 78.9 Å². The third kappa shape index (κ3) is 7.50. The van der Waals surface area contributed by atoms with Gasteiger partial charge in [0.1, 0.15) is 34.6 Å². The molecule has 1 aromatic heterocycles. The quantitative estimate of drug-likeness (QED) is 0.0740. The number of hydrogen-bond donors (Lipinski definition) is 1. The highest BCUT2D eigenvalue weighted by atomic mass is 35.5. The molecule has 10 nitrogen and oxygen atoms in total. The van der Waals surface area contributed by atoms with Crippen molar-refractivity contribution < 1.29 is 36.6 Å². The fourth-order valence-corrected chi connectivity index (χ4v) is 7.64. The van der Waals surface area contributed by atoms with Crippen molar-refractivity contribution in [2.24, 2.45) is 0 Å². The molecule has 0 bridgehead atoms. The van der Waals surface area contributed by atoms with Crippen LogP contribution in [0.25, 0.3) is 0 Å². The van der Waals surface area contributed by atoms with Crippen molar-refractivity contribution in [3.8, 4) is 11.5 Å². The molecule has 0 saturated carbocycles. The Morgan fingerprint density at radius 2 is 1.52 bits per heavy atom. The maximum atomic E-state index is 15.6. The van der Waals surface area contributed by atoms with Crippen LogP contribution in [-0.4, -0.2) is 54.6 Å². The molecule has 3 atom stereocenters. The lowest BCUT2D eigenvalue weighted by atomic mass is 9.77. The number of anilines is 1. The summed E-state index contributed by atoms with van der Waals surface area (Å²) in [4.78, 5) is 17.9. The van der Waals surface area contributed by atoms with Crippen molar-refractivity contribution >= 4 is 25.0 Å². The number of halogens is 3. The van der Waals surface area contributed by atoms with Crippen molar-refractivity contribution in [1.82, 2.24) is 9.55 Å². The minimum atomic E-state index is -4.32.